The molecule has 2 unspecified atom stereocenters. The molecule has 1 aliphatic heterocycles. The highest BCUT2D eigenvalue weighted by Crippen LogP contribution is 2.24. The van der Waals surface area contributed by atoms with Gasteiger partial charge in [0.1, 0.15) is 5.75 Å². The van der Waals surface area contributed by atoms with Crippen molar-refractivity contribution in [2.75, 3.05) is 13.1 Å². The molecule has 0 saturated carbocycles. The van der Waals surface area contributed by atoms with Gasteiger partial charge in [0.05, 0.1) is 6.10 Å². The monoisotopic (exact) mass is 372 g/mol. The number of benzene rings is 2. The second kappa shape index (κ2) is 8.49. The zero-order chi connectivity index (χ0) is 19.3. The van der Waals surface area contributed by atoms with E-state index < -0.39 is 12.1 Å². The third kappa shape index (κ3) is 5.27. The number of carbonyl (C=O) groups excluding carboxylic acids is 1. The highest BCUT2D eigenvalue weighted by Gasteiger charge is 2.33. The molecule has 3 rings (SSSR count). The summed E-state index contributed by atoms with van der Waals surface area (Å²) in [6.45, 7) is 1.19. The fraction of sp³-hybridized carbons (Fsp3) is 0.350. The third-order valence-corrected chi connectivity index (χ3v) is 4.53. The molecule has 7 heteroatoms. The number of amides is 1. The number of phenols is 1. The van der Waals surface area contributed by atoms with Gasteiger partial charge in [-0.05, 0) is 43.7 Å². The molecule has 144 valence electrons. The Kier molecular flexibility index (Phi) is 6.08. The van der Waals surface area contributed by atoms with Crippen molar-refractivity contribution >= 4 is 5.91 Å². The first-order valence-electron chi connectivity index (χ1n) is 8.93. The Labute approximate surface area is 157 Å². The van der Waals surface area contributed by atoms with E-state index in [0.29, 0.717) is 31.5 Å². The molecule has 0 bridgehead atoms. The van der Waals surface area contributed by atoms with Crippen molar-refractivity contribution in [3.8, 4) is 5.75 Å². The van der Waals surface area contributed by atoms with Gasteiger partial charge in [0, 0.05) is 23.7 Å². The van der Waals surface area contributed by atoms with Gasteiger partial charge in [-0.2, -0.15) is 0 Å². The van der Waals surface area contributed by atoms with Crippen LogP contribution < -0.4 is 10.6 Å². The van der Waals surface area contributed by atoms with Crippen LogP contribution in [-0.2, 0) is 10.7 Å². The van der Waals surface area contributed by atoms with Crippen LogP contribution in [0.1, 0.15) is 28.8 Å². The quantitative estimate of drug-likeness (QED) is 0.502. The summed E-state index contributed by atoms with van der Waals surface area (Å²) in [6, 6.07) is 14.1. The Morgan fingerprint density at radius 3 is 2.52 bits per heavy atom. The summed E-state index contributed by atoms with van der Waals surface area (Å²) in [5, 5.41) is 36.1. The lowest BCUT2D eigenvalue weighted by atomic mass is 10.1. The number of hydrogen-bond acceptors (Lipinski definition) is 6. The lowest BCUT2D eigenvalue weighted by molar-refractivity contribution is -0.367. The van der Waals surface area contributed by atoms with Crippen LogP contribution in [0, 0.1) is 0 Å². The minimum absolute atomic E-state index is 0.0966. The van der Waals surface area contributed by atoms with Crippen molar-refractivity contribution in [1.82, 2.24) is 10.6 Å². The summed E-state index contributed by atoms with van der Waals surface area (Å²) in [5.41, 5.74) is 0.698. The molecule has 1 heterocycles. The molecule has 5 N–H and O–H groups in total. The van der Waals surface area contributed by atoms with Gasteiger partial charge in [0.25, 0.3) is 5.91 Å². The number of aromatic hydroxyl groups is 1. The third-order valence-electron chi connectivity index (χ3n) is 4.53. The SMILES string of the molecule is O=C(NC1CNCCC(OC(O)(O)c2ccccc2)C1)c1ccc(O)cc1. The van der Waals surface area contributed by atoms with Crippen LogP contribution in [0.15, 0.2) is 54.6 Å². The molecular formula is C20H24N2O5. The maximum Gasteiger partial charge on any atom is 0.307 e. The van der Waals surface area contributed by atoms with Gasteiger partial charge in [0.15, 0.2) is 0 Å². The van der Waals surface area contributed by atoms with Crippen LogP contribution in [0.3, 0.4) is 0 Å². The van der Waals surface area contributed by atoms with Gasteiger partial charge in [-0.3, -0.25) is 4.79 Å². The molecule has 0 spiro atoms. The number of rotatable bonds is 5. The minimum atomic E-state index is -2.39. The van der Waals surface area contributed by atoms with E-state index in [-0.39, 0.29) is 23.3 Å². The van der Waals surface area contributed by atoms with Crippen molar-refractivity contribution in [2.24, 2.45) is 0 Å². The lowest BCUT2D eigenvalue weighted by Gasteiger charge is -2.29. The van der Waals surface area contributed by atoms with E-state index in [4.69, 9.17) is 4.74 Å². The predicted molar refractivity (Wildman–Crippen MR) is 98.9 cm³/mol. The highest BCUT2D eigenvalue weighted by atomic mass is 16.8. The van der Waals surface area contributed by atoms with Crippen molar-refractivity contribution < 1.29 is 24.9 Å². The van der Waals surface area contributed by atoms with Gasteiger partial charge in [-0.1, -0.05) is 30.3 Å². The standard InChI is InChI=1S/C20H24N2O5/c23-17-8-6-14(7-9-17)19(24)22-16-12-18(10-11-21-13-16)27-20(25,26)15-4-2-1-3-5-15/h1-9,16,18,21,23,25-26H,10-13H2,(H,22,24). The van der Waals surface area contributed by atoms with Gasteiger partial charge < -0.3 is 30.7 Å². The molecule has 1 aliphatic rings. The summed E-state index contributed by atoms with van der Waals surface area (Å²) < 4.78 is 5.56. The van der Waals surface area contributed by atoms with Crippen LogP contribution in [0.2, 0.25) is 0 Å². The van der Waals surface area contributed by atoms with Crippen LogP contribution in [0.4, 0.5) is 0 Å². The molecule has 2 aromatic rings. The molecular weight excluding hydrogens is 348 g/mol. The summed E-state index contributed by atoms with van der Waals surface area (Å²) in [6.07, 6.45) is 0.577. The number of hydrogen-bond donors (Lipinski definition) is 5. The van der Waals surface area contributed by atoms with E-state index in [1.807, 2.05) is 0 Å². The first-order chi connectivity index (χ1) is 12.9. The van der Waals surface area contributed by atoms with Gasteiger partial charge in [-0.25, -0.2) is 0 Å². The van der Waals surface area contributed by atoms with Crippen LogP contribution >= 0.6 is 0 Å². The van der Waals surface area contributed by atoms with Crippen molar-refractivity contribution in [1.29, 1.82) is 0 Å². The summed E-state index contributed by atoms with van der Waals surface area (Å²) in [4.78, 5) is 12.4. The first-order valence-corrected chi connectivity index (χ1v) is 8.93. The molecule has 2 aromatic carbocycles. The zero-order valence-corrected chi connectivity index (χ0v) is 14.8. The summed E-state index contributed by atoms with van der Waals surface area (Å²) in [5.74, 6) is -2.55. The molecule has 0 aromatic heterocycles. The summed E-state index contributed by atoms with van der Waals surface area (Å²) >= 11 is 0. The fourth-order valence-electron chi connectivity index (χ4n) is 3.11. The molecule has 1 amide bonds. The number of nitrogens with one attached hydrogen (secondary N) is 2. The number of carbonyl (C=O) groups is 1. The second-order valence-electron chi connectivity index (χ2n) is 6.66. The topological polar surface area (TPSA) is 111 Å². The van der Waals surface area contributed by atoms with Crippen molar-refractivity contribution in [3.05, 3.63) is 65.7 Å². The Hall–Kier alpha value is -2.45. The van der Waals surface area contributed by atoms with E-state index in [2.05, 4.69) is 10.6 Å². The van der Waals surface area contributed by atoms with Gasteiger partial charge in [0.2, 0.25) is 0 Å². The van der Waals surface area contributed by atoms with Crippen LogP contribution in [0.25, 0.3) is 0 Å². The van der Waals surface area contributed by atoms with Gasteiger partial charge in [-0.15, -0.1) is 0 Å². The van der Waals surface area contributed by atoms with E-state index in [0.717, 1.165) is 0 Å². The number of ether oxygens (including phenoxy) is 1. The largest absolute Gasteiger partial charge is 0.508 e. The Balaban J connectivity index is 1.63. The minimum Gasteiger partial charge on any atom is -0.508 e. The van der Waals surface area contributed by atoms with Crippen LogP contribution in [-0.4, -0.2) is 46.5 Å². The maximum absolute atomic E-state index is 12.4. The molecule has 0 radical (unpaired) electrons. The molecule has 2 atom stereocenters. The zero-order valence-electron chi connectivity index (χ0n) is 14.8. The number of aliphatic hydroxyl groups is 2. The Morgan fingerprint density at radius 1 is 1.11 bits per heavy atom. The average Bonchev–Trinajstić information content (AvgIpc) is 2.87. The molecule has 0 aliphatic carbocycles. The van der Waals surface area contributed by atoms with Crippen molar-refractivity contribution in [2.45, 2.75) is 31.0 Å². The van der Waals surface area contributed by atoms with E-state index in [9.17, 15) is 20.1 Å². The van der Waals surface area contributed by atoms with Crippen molar-refractivity contribution in [3.63, 3.8) is 0 Å². The smallest absolute Gasteiger partial charge is 0.307 e. The summed E-state index contributed by atoms with van der Waals surface area (Å²) in [7, 11) is 0. The Morgan fingerprint density at radius 2 is 1.81 bits per heavy atom. The average molecular weight is 372 g/mol. The lowest BCUT2D eigenvalue weighted by Crippen LogP contribution is -2.43. The normalized spacial score (nSPS) is 20.7. The first kappa shape index (κ1) is 19.3. The number of phenolic OH excluding ortho intramolecular Hbond substituents is 1. The second-order valence-corrected chi connectivity index (χ2v) is 6.66. The van der Waals surface area contributed by atoms with Crippen LogP contribution in [0.5, 0.6) is 5.75 Å². The molecule has 7 nitrogen and oxygen atoms in total. The predicted octanol–water partition coefficient (Wildman–Crippen LogP) is 1.05. The Bertz CT molecular complexity index is 749. The van der Waals surface area contributed by atoms with E-state index in [1.165, 1.54) is 12.1 Å². The van der Waals surface area contributed by atoms with E-state index >= 15 is 0 Å². The van der Waals surface area contributed by atoms with E-state index in [1.54, 1.807) is 42.5 Å². The maximum atomic E-state index is 12.4. The fourth-order valence-corrected chi connectivity index (χ4v) is 3.11. The van der Waals surface area contributed by atoms with Gasteiger partial charge >= 0.3 is 5.97 Å². The molecule has 1 saturated heterocycles. The molecule has 27 heavy (non-hydrogen) atoms. The highest BCUT2D eigenvalue weighted by molar-refractivity contribution is 5.94. The molecule has 1 fully saturated rings.